The Morgan fingerprint density at radius 2 is 2.29 bits per heavy atom. The molecule has 14 heavy (non-hydrogen) atoms. The van der Waals surface area contributed by atoms with Gasteiger partial charge in [0, 0.05) is 13.1 Å². The van der Waals surface area contributed by atoms with Crippen LogP contribution in [0.3, 0.4) is 0 Å². The Morgan fingerprint density at radius 3 is 3.00 bits per heavy atom. The van der Waals surface area contributed by atoms with Gasteiger partial charge in [0.05, 0.1) is 12.8 Å². The van der Waals surface area contributed by atoms with Crippen LogP contribution in [0.25, 0.3) is 0 Å². The molecule has 1 aliphatic heterocycles. The molecule has 2 N–H and O–H groups in total. The highest BCUT2D eigenvalue weighted by molar-refractivity contribution is 7.80. The van der Waals surface area contributed by atoms with E-state index in [9.17, 15) is 0 Å². The molecule has 2 aliphatic rings. The fraction of sp³-hybridized carbons (Fsp3) is 0.900. The maximum absolute atomic E-state index is 6.15. The Hall–Kier alpha value is -0.0851. The van der Waals surface area contributed by atoms with E-state index in [1.807, 2.05) is 0 Å². The summed E-state index contributed by atoms with van der Waals surface area (Å²) in [5.74, 6) is 0.424. The largest absolute Gasteiger partial charge is 0.366 e. The summed E-state index contributed by atoms with van der Waals surface area (Å²) in [7, 11) is 8.23. The van der Waals surface area contributed by atoms with Crippen LogP contribution in [-0.4, -0.2) is 36.3 Å². The highest BCUT2D eigenvalue weighted by atomic mass is 32.1. The van der Waals surface area contributed by atoms with Crippen LogP contribution in [-0.2, 0) is 0 Å². The minimum Gasteiger partial charge on any atom is -0.366 e. The summed E-state index contributed by atoms with van der Waals surface area (Å²) in [5.41, 5.74) is 5.68. The molecule has 3 atom stereocenters. The minimum absolute atomic E-state index is 0.424. The van der Waals surface area contributed by atoms with Gasteiger partial charge in [0.15, 0.2) is 0 Å². The molecule has 0 amide bonds. The fourth-order valence-electron chi connectivity index (χ4n) is 2.93. The maximum Gasteiger partial charge on any atom is 0.0955 e. The van der Waals surface area contributed by atoms with Crippen molar-refractivity contribution >= 4 is 25.1 Å². The predicted molar refractivity (Wildman–Crippen MR) is 63.4 cm³/mol. The average Bonchev–Trinajstić information content (AvgIpc) is 2.11. The molecule has 3 unspecified atom stereocenters. The highest BCUT2D eigenvalue weighted by Crippen LogP contribution is 2.39. The molecule has 1 saturated carbocycles. The van der Waals surface area contributed by atoms with E-state index in [0.717, 1.165) is 30.7 Å². The van der Waals surface area contributed by atoms with Crippen molar-refractivity contribution in [1.29, 1.82) is 0 Å². The number of likely N-dealkylation sites (tertiary alicyclic amines) is 1. The quantitative estimate of drug-likeness (QED) is 0.476. The fourth-order valence-corrected chi connectivity index (χ4v) is 3.18. The molecule has 2 rings (SSSR count). The number of rotatable bonds is 0. The number of thiocarbonyl (C=S) groups is 1. The number of piperidine rings is 1. The van der Waals surface area contributed by atoms with E-state index in [1.54, 1.807) is 0 Å². The molecule has 0 bridgehead atoms. The van der Waals surface area contributed by atoms with Crippen molar-refractivity contribution in [2.24, 2.45) is 11.7 Å². The Kier molecular flexibility index (Phi) is 2.60. The summed E-state index contributed by atoms with van der Waals surface area (Å²) in [6.45, 7) is 0. The molecular formula is C10H17BN2S. The Labute approximate surface area is 92.6 Å². The van der Waals surface area contributed by atoms with Crippen LogP contribution in [0.15, 0.2) is 0 Å². The van der Waals surface area contributed by atoms with Crippen molar-refractivity contribution in [2.75, 3.05) is 7.05 Å². The first-order chi connectivity index (χ1) is 6.52. The third-order valence-electron chi connectivity index (χ3n) is 3.82. The van der Waals surface area contributed by atoms with Gasteiger partial charge in [-0.3, -0.25) is 0 Å². The summed E-state index contributed by atoms with van der Waals surface area (Å²) < 4.78 is 0. The number of fused-ring (bicyclic) bond motifs is 1. The normalized spacial score (nSPS) is 43.6. The molecule has 0 aromatic heterocycles. The summed E-state index contributed by atoms with van der Waals surface area (Å²) in [6, 6.07) is 0.486. The van der Waals surface area contributed by atoms with Crippen LogP contribution < -0.4 is 5.73 Å². The van der Waals surface area contributed by atoms with Gasteiger partial charge < -0.3 is 10.6 Å². The van der Waals surface area contributed by atoms with Gasteiger partial charge in [0.2, 0.25) is 0 Å². The zero-order valence-corrected chi connectivity index (χ0v) is 9.52. The summed E-state index contributed by atoms with van der Waals surface area (Å²) >= 11 is 5.32. The van der Waals surface area contributed by atoms with Crippen LogP contribution in [0.4, 0.5) is 0 Å². The molecule has 4 heteroatoms. The van der Waals surface area contributed by atoms with E-state index in [2.05, 4.69) is 11.9 Å². The van der Waals surface area contributed by atoms with Crippen LogP contribution in [0.5, 0.6) is 0 Å². The van der Waals surface area contributed by atoms with Crippen LogP contribution >= 0.6 is 12.2 Å². The van der Waals surface area contributed by atoms with Crippen molar-refractivity contribution in [3.63, 3.8) is 0 Å². The van der Waals surface area contributed by atoms with E-state index >= 15 is 0 Å². The SMILES string of the molecule is [B]C1(N)CCCC2C1CCC(=S)N2C. The van der Waals surface area contributed by atoms with E-state index in [0.29, 0.717) is 12.0 Å². The van der Waals surface area contributed by atoms with Crippen LogP contribution in [0.2, 0.25) is 0 Å². The van der Waals surface area contributed by atoms with Gasteiger partial charge in [-0.15, -0.1) is 0 Å². The van der Waals surface area contributed by atoms with E-state index in [4.69, 9.17) is 25.8 Å². The smallest absolute Gasteiger partial charge is 0.0955 e. The molecule has 1 saturated heterocycles. The summed E-state index contributed by atoms with van der Waals surface area (Å²) in [4.78, 5) is 3.29. The Bertz CT molecular complexity index is 255. The summed E-state index contributed by atoms with van der Waals surface area (Å²) in [6.07, 6.45) is 5.32. The van der Waals surface area contributed by atoms with Gasteiger partial charge in [-0.05, 0) is 37.0 Å². The van der Waals surface area contributed by atoms with Gasteiger partial charge >= 0.3 is 0 Å². The zero-order chi connectivity index (χ0) is 10.3. The van der Waals surface area contributed by atoms with Crippen LogP contribution in [0.1, 0.15) is 32.1 Å². The van der Waals surface area contributed by atoms with Crippen molar-refractivity contribution in [3.05, 3.63) is 0 Å². The van der Waals surface area contributed by atoms with Gasteiger partial charge in [0.1, 0.15) is 0 Å². The highest BCUT2D eigenvalue weighted by Gasteiger charge is 2.43. The molecule has 0 spiro atoms. The molecule has 1 heterocycles. The Balaban J connectivity index is 2.20. The van der Waals surface area contributed by atoms with E-state index < -0.39 is 5.44 Å². The topological polar surface area (TPSA) is 29.3 Å². The summed E-state index contributed by atoms with van der Waals surface area (Å²) in [5, 5.41) is 0. The molecule has 2 nitrogen and oxygen atoms in total. The first kappa shape index (κ1) is 10.4. The molecule has 1 aliphatic carbocycles. The second-order valence-electron chi connectivity index (χ2n) is 4.72. The van der Waals surface area contributed by atoms with Crippen molar-refractivity contribution in [2.45, 2.75) is 43.6 Å². The van der Waals surface area contributed by atoms with Gasteiger partial charge in [-0.1, -0.05) is 18.6 Å². The predicted octanol–water partition coefficient (Wildman–Crippen LogP) is 1.03. The number of nitrogens with two attached hydrogens (primary N) is 1. The molecule has 2 radical (unpaired) electrons. The third kappa shape index (κ3) is 1.59. The maximum atomic E-state index is 6.15. The number of nitrogens with zero attached hydrogens (tertiary/aromatic N) is 1. The first-order valence-corrected chi connectivity index (χ1v) is 5.76. The first-order valence-electron chi connectivity index (χ1n) is 5.36. The monoisotopic (exact) mass is 208 g/mol. The Morgan fingerprint density at radius 1 is 1.57 bits per heavy atom. The lowest BCUT2D eigenvalue weighted by molar-refractivity contribution is 0.123. The number of hydrogen-bond acceptors (Lipinski definition) is 2. The lowest BCUT2D eigenvalue weighted by Crippen LogP contribution is -2.61. The lowest BCUT2D eigenvalue weighted by Gasteiger charge is -2.51. The third-order valence-corrected chi connectivity index (χ3v) is 4.32. The van der Waals surface area contributed by atoms with E-state index in [-0.39, 0.29) is 0 Å². The second-order valence-corrected chi connectivity index (χ2v) is 5.19. The van der Waals surface area contributed by atoms with Crippen LogP contribution in [0, 0.1) is 5.92 Å². The van der Waals surface area contributed by atoms with Gasteiger partial charge in [0.25, 0.3) is 0 Å². The lowest BCUT2D eigenvalue weighted by atomic mass is 9.57. The van der Waals surface area contributed by atoms with Crippen molar-refractivity contribution in [1.82, 2.24) is 4.90 Å². The molecule has 0 aromatic carbocycles. The van der Waals surface area contributed by atoms with Crippen molar-refractivity contribution in [3.8, 4) is 0 Å². The number of hydrogen-bond donors (Lipinski definition) is 1. The minimum atomic E-state index is -0.465. The molecular weight excluding hydrogens is 191 g/mol. The van der Waals surface area contributed by atoms with E-state index in [1.165, 1.54) is 6.42 Å². The molecule has 76 valence electrons. The average molecular weight is 208 g/mol. The van der Waals surface area contributed by atoms with Gasteiger partial charge in [-0.25, -0.2) is 0 Å². The van der Waals surface area contributed by atoms with Crippen molar-refractivity contribution < 1.29 is 0 Å². The molecule has 2 fully saturated rings. The second kappa shape index (κ2) is 3.49. The van der Waals surface area contributed by atoms with Gasteiger partial charge in [-0.2, -0.15) is 0 Å². The standard InChI is InChI=1S/C10H17BN2S/c1-13-8-3-2-6-10(11,12)7(8)4-5-9(13)14/h7-8H,2-6,12H2,1H3. The molecule has 0 aromatic rings. The zero-order valence-electron chi connectivity index (χ0n) is 8.70.